The molecule has 0 spiro atoms. The summed E-state index contributed by atoms with van der Waals surface area (Å²) in [7, 11) is -1.29. The van der Waals surface area contributed by atoms with E-state index in [4.69, 9.17) is 50.7 Å². The quantitative estimate of drug-likeness (QED) is 0.0571. The van der Waals surface area contributed by atoms with Crippen LogP contribution in [0.3, 0.4) is 0 Å². The van der Waals surface area contributed by atoms with Crippen LogP contribution in [-0.4, -0.2) is 33.4 Å². The maximum absolute atomic E-state index is 11.7. The van der Waals surface area contributed by atoms with Crippen LogP contribution >= 0.6 is 26.1 Å². The highest BCUT2D eigenvalue weighted by atomic mass is 35.5. The van der Waals surface area contributed by atoms with E-state index in [1.165, 1.54) is 21.1 Å². The van der Waals surface area contributed by atoms with Crippen LogP contribution in [0, 0.1) is 6.92 Å². The maximum atomic E-state index is 11.7. The van der Waals surface area contributed by atoms with Gasteiger partial charge in [0.25, 0.3) is 0 Å². The number of halogens is 1. The number of phosphoric acid groups is 1. The van der Waals surface area contributed by atoms with Gasteiger partial charge in [0, 0.05) is 37.5 Å². The van der Waals surface area contributed by atoms with Crippen LogP contribution < -0.4 is 10.1 Å². The lowest BCUT2D eigenvalue weighted by molar-refractivity contribution is -0.142. The predicted molar refractivity (Wildman–Crippen MR) is 168 cm³/mol. The summed E-state index contributed by atoms with van der Waals surface area (Å²) in [6.07, 6.45) is 0.684. The van der Waals surface area contributed by atoms with Gasteiger partial charge in [-0.2, -0.15) is 0 Å². The lowest BCUT2D eigenvalue weighted by Crippen LogP contribution is -2.07. The van der Waals surface area contributed by atoms with Crippen LogP contribution in [0.5, 0.6) is 5.75 Å². The summed E-state index contributed by atoms with van der Waals surface area (Å²) in [4.78, 5) is 23.4. The minimum atomic E-state index is -3.66. The molecule has 0 aliphatic heterocycles. The van der Waals surface area contributed by atoms with E-state index in [1.54, 1.807) is 32.0 Å². The average Bonchev–Trinajstić information content (AvgIpc) is 2.96. The molecule has 0 amide bonds. The first-order valence-corrected chi connectivity index (χ1v) is 17.4. The van der Waals surface area contributed by atoms with Crippen molar-refractivity contribution in [3.05, 3.63) is 86.9 Å². The Kier molecular flexibility index (Phi) is 14.6. The number of carbonyl (C=O) groups is 1. The van der Waals surface area contributed by atoms with Gasteiger partial charge in [-0.3, -0.25) is 18.1 Å². The Labute approximate surface area is 260 Å². The van der Waals surface area contributed by atoms with Gasteiger partial charge in [-0.25, -0.2) is 14.2 Å². The van der Waals surface area contributed by atoms with E-state index in [2.05, 4.69) is 9.05 Å². The van der Waals surface area contributed by atoms with Gasteiger partial charge in [-0.1, -0.05) is 41.9 Å². The summed E-state index contributed by atoms with van der Waals surface area (Å²) in [5, 5.41) is 0.813. The van der Waals surface area contributed by atoms with Gasteiger partial charge in [0.15, 0.2) is 0 Å². The molecule has 1 heterocycles. The highest BCUT2D eigenvalue weighted by Crippen LogP contribution is 2.50. The molecule has 0 aliphatic rings. The molecule has 2 aromatic carbocycles. The van der Waals surface area contributed by atoms with Crippen molar-refractivity contribution in [3.63, 3.8) is 0 Å². The average molecular weight is 677 g/mol. The third-order valence-corrected chi connectivity index (χ3v) is 9.73. The second-order valence-electron chi connectivity index (χ2n) is 8.51. The molecule has 0 fully saturated rings. The Bertz CT molecular complexity index is 1540. The molecule has 0 N–H and O–H groups in total. The lowest BCUT2D eigenvalue weighted by Gasteiger charge is -2.21. The van der Waals surface area contributed by atoms with E-state index in [9.17, 15) is 14.2 Å². The second-order valence-corrected chi connectivity index (χ2v) is 13.6. The number of hydrogen-bond acceptors (Lipinski definition) is 12. The van der Waals surface area contributed by atoms with Crippen molar-refractivity contribution in [2.24, 2.45) is 0 Å². The van der Waals surface area contributed by atoms with Gasteiger partial charge in [-0.05, 0) is 57.9 Å². The molecule has 1 atom stereocenters. The number of carbonyl (C=O) groups excluding carboxylic acids is 1. The molecule has 15 heteroatoms. The van der Waals surface area contributed by atoms with E-state index in [0.29, 0.717) is 30.1 Å². The normalized spacial score (nSPS) is 12.7. The smallest absolute Gasteiger partial charge is 0.455 e. The summed E-state index contributed by atoms with van der Waals surface area (Å²) in [5.74, 6) is -0.113. The van der Waals surface area contributed by atoms with Crippen molar-refractivity contribution >= 4 is 54.9 Å². The van der Waals surface area contributed by atoms with E-state index in [0.717, 1.165) is 17.0 Å². The molecule has 3 aromatic rings. The summed E-state index contributed by atoms with van der Waals surface area (Å²) in [6.45, 7) is 6.50. The third-order valence-electron chi connectivity index (χ3n) is 5.45. The topological polar surface area (TPSA) is 129 Å². The number of phosphoric ester groups is 1. The maximum Gasteiger partial charge on any atom is 0.529 e. The fourth-order valence-electron chi connectivity index (χ4n) is 3.42. The largest absolute Gasteiger partial charge is 0.529 e. The Hall–Kier alpha value is -2.53. The molecule has 1 aromatic heterocycles. The fraction of sp³-hybridized carbons (Fsp3) is 0.357. The second kappa shape index (κ2) is 17.1. The van der Waals surface area contributed by atoms with Crippen LogP contribution in [-0.2, 0) is 48.5 Å². The molecule has 43 heavy (non-hydrogen) atoms. The molecular formula is C28H35ClO11P2S. The zero-order chi connectivity index (χ0) is 32.2. The van der Waals surface area contributed by atoms with Gasteiger partial charge in [-0.15, -0.1) is 0 Å². The lowest BCUT2D eigenvalue weighted by atomic mass is 10.1. The molecule has 0 radical (unpaired) electrons. The first-order valence-electron chi connectivity index (χ1n) is 13.0. The van der Waals surface area contributed by atoms with Gasteiger partial charge in [0.05, 0.1) is 19.3 Å². The molecule has 0 saturated carbocycles. The van der Waals surface area contributed by atoms with E-state index < -0.39 is 32.2 Å². The standard InChI is InChI=1S/C14H16ClO5PS.C14H19O6P/c1-4-17-21(22,18-5-2)20-10-6-7-11-9(3)13(15)14(16)19-12(11)8-10;1-11(20-21(16,17-3)18-4)10-14(15)19-12(2)13-8-6-5-7-9-13/h6-8H,4-5H2,1-3H3;5-10,12H,1-4H3/b;11-10+. The number of rotatable bonds is 13. The van der Waals surface area contributed by atoms with Crippen molar-refractivity contribution in [2.45, 2.75) is 40.7 Å². The van der Waals surface area contributed by atoms with Gasteiger partial charge < -0.3 is 18.2 Å². The third kappa shape index (κ3) is 11.2. The van der Waals surface area contributed by atoms with Crippen molar-refractivity contribution < 1.29 is 45.7 Å². The molecule has 0 bridgehead atoms. The molecule has 1 unspecified atom stereocenters. The molecule has 11 nitrogen and oxygen atoms in total. The number of fused-ring (bicyclic) bond motifs is 1. The van der Waals surface area contributed by atoms with Crippen LogP contribution in [0.2, 0.25) is 5.02 Å². The van der Waals surface area contributed by atoms with Crippen LogP contribution in [0.4, 0.5) is 0 Å². The van der Waals surface area contributed by atoms with E-state index in [-0.39, 0.29) is 10.8 Å². The SMILES string of the molecule is CCOP(=S)(OCC)Oc1ccc2c(C)c(Cl)c(=O)oc2c1.COP(=O)(OC)O/C(C)=C/C(=O)OC(C)c1ccccc1. The van der Waals surface area contributed by atoms with Crippen molar-refractivity contribution in [3.8, 4) is 5.75 Å². The number of ether oxygens (including phenoxy) is 1. The Morgan fingerprint density at radius 2 is 1.67 bits per heavy atom. The Morgan fingerprint density at radius 3 is 2.23 bits per heavy atom. The zero-order valence-corrected chi connectivity index (χ0v) is 28.2. The monoisotopic (exact) mass is 676 g/mol. The van der Waals surface area contributed by atoms with Gasteiger partial charge >= 0.3 is 26.1 Å². The number of aryl methyl sites for hydroxylation is 1. The van der Waals surface area contributed by atoms with Crippen molar-refractivity contribution in [1.29, 1.82) is 0 Å². The van der Waals surface area contributed by atoms with Gasteiger partial charge in [0.2, 0.25) is 0 Å². The highest BCUT2D eigenvalue weighted by Gasteiger charge is 2.25. The minimum absolute atomic E-state index is 0.0762. The number of hydrogen-bond donors (Lipinski definition) is 0. The summed E-state index contributed by atoms with van der Waals surface area (Å²) in [5.41, 5.74) is 1.32. The summed E-state index contributed by atoms with van der Waals surface area (Å²) in [6, 6.07) is 14.4. The number of allylic oxidation sites excluding steroid dienone is 1. The minimum Gasteiger partial charge on any atom is -0.455 e. The molecule has 0 saturated heterocycles. The number of benzene rings is 2. The fourth-order valence-corrected chi connectivity index (χ4v) is 6.34. The van der Waals surface area contributed by atoms with Crippen LogP contribution in [0.15, 0.2) is 69.6 Å². The highest BCUT2D eigenvalue weighted by molar-refractivity contribution is 8.07. The van der Waals surface area contributed by atoms with E-state index >= 15 is 0 Å². The Morgan fingerprint density at radius 1 is 1.07 bits per heavy atom. The first-order chi connectivity index (χ1) is 20.3. The summed E-state index contributed by atoms with van der Waals surface area (Å²) < 4.78 is 52.8. The van der Waals surface area contributed by atoms with E-state index in [1.807, 2.05) is 44.2 Å². The molecule has 236 valence electrons. The summed E-state index contributed by atoms with van der Waals surface area (Å²) >= 11 is 11.2. The molecular weight excluding hydrogens is 642 g/mol. The molecule has 3 rings (SSSR count). The zero-order valence-electron chi connectivity index (χ0n) is 24.9. The predicted octanol–water partition coefficient (Wildman–Crippen LogP) is 8.04. The van der Waals surface area contributed by atoms with Gasteiger partial charge in [0.1, 0.15) is 28.2 Å². The number of esters is 1. The van der Waals surface area contributed by atoms with Crippen LogP contribution in [0.25, 0.3) is 11.0 Å². The Balaban J connectivity index is 0.000000301. The molecule has 0 aliphatic carbocycles. The van der Waals surface area contributed by atoms with Crippen molar-refractivity contribution in [1.82, 2.24) is 0 Å². The van der Waals surface area contributed by atoms with Crippen molar-refractivity contribution in [2.75, 3.05) is 27.4 Å². The van der Waals surface area contributed by atoms with Crippen LogP contribution in [0.1, 0.15) is 44.9 Å². The first kappa shape index (κ1) is 36.7.